The maximum Gasteiger partial charge on any atom is 0.251 e. The van der Waals surface area contributed by atoms with Gasteiger partial charge >= 0.3 is 0 Å². The summed E-state index contributed by atoms with van der Waals surface area (Å²) in [5.74, 6) is 0.0890. The van der Waals surface area contributed by atoms with Crippen molar-refractivity contribution in [3.05, 3.63) is 29.3 Å². The van der Waals surface area contributed by atoms with Gasteiger partial charge in [-0.3, -0.25) is 4.79 Å². The molecule has 0 aliphatic heterocycles. The minimum atomic E-state index is -0.0882. The third-order valence-electron chi connectivity index (χ3n) is 3.84. The molecule has 0 aromatic heterocycles. The van der Waals surface area contributed by atoms with Gasteiger partial charge in [-0.1, -0.05) is 25.3 Å². The van der Waals surface area contributed by atoms with Gasteiger partial charge in [0.25, 0.3) is 5.91 Å². The highest BCUT2D eigenvalue weighted by Crippen LogP contribution is 2.28. The SMILES string of the molecule is Cc1ccc(C(=O)NC2(C)CCCCC2)cc1O. The molecule has 1 saturated carbocycles. The van der Waals surface area contributed by atoms with Crippen LogP contribution in [0.3, 0.4) is 0 Å². The number of rotatable bonds is 2. The molecule has 1 aliphatic rings. The van der Waals surface area contributed by atoms with Crippen LogP contribution in [0.25, 0.3) is 0 Å². The molecule has 2 rings (SSSR count). The molecule has 98 valence electrons. The van der Waals surface area contributed by atoms with Crippen molar-refractivity contribution in [1.82, 2.24) is 5.32 Å². The van der Waals surface area contributed by atoms with E-state index in [9.17, 15) is 9.90 Å². The Morgan fingerprint density at radius 2 is 1.94 bits per heavy atom. The summed E-state index contributed by atoms with van der Waals surface area (Å²) in [6, 6.07) is 5.07. The zero-order chi connectivity index (χ0) is 13.2. The fraction of sp³-hybridized carbons (Fsp3) is 0.533. The standard InChI is InChI=1S/C15H21NO2/c1-11-6-7-12(10-13(11)17)14(18)16-15(2)8-4-3-5-9-15/h6-7,10,17H,3-5,8-9H2,1-2H3,(H,16,18). The van der Waals surface area contributed by atoms with Gasteiger partial charge in [0.15, 0.2) is 0 Å². The van der Waals surface area contributed by atoms with Gasteiger partial charge in [0.2, 0.25) is 0 Å². The van der Waals surface area contributed by atoms with Crippen LogP contribution in [0.4, 0.5) is 0 Å². The molecule has 1 aromatic carbocycles. The van der Waals surface area contributed by atoms with E-state index < -0.39 is 0 Å². The largest absolute Gasteiger partial charge is 0.508 e. The maximum absolute atomic E-state index is 12.2. The predicted molar refractivity (Wildman–Crippen MR) is 71.8 cm³/mol. The number of aromatic hydroxyl groups is 1. The Labute approximate surface area is 108 Å². The molecule has 3 heteroatoms. The van der Waals surface area contributed by atoms with Crippen LogP contribution in [-0.2, 0) is 0 Å². The molecule has 0 heterocycles. The summed E-state index contributed by atoms with van der Waals surface area (Å²) in [7, 11) is 0. The summed E-state index contributed by atoms with van der Waals surface area (Å²) in [4.78, 5) is 12.2. The molecule has 1 aliphatic carbocycles. The first-order valence-electron chi connectivity index (χ1n) is 6.62. The number of amides is 1. The molecule has 1 fully saturated rings. The summed E-state index contributed by atoms with van der Waals surface area (Å²) in [6.07, 6.45) is 5.69. The molecular weight excluding hydrogens is 226 g/mol. The van der Waals surface area contributed by atoms with E-state index in [1.807, 2.05) is 6.92 Å². The van der Waals surface area contributed by atoms with Crippen LogP contribution in [0.5, 0.6) is 5.75 Å². The van der Waals surface area contributed by atoms with E-state index in [-0.39, 0.29) is 17.2 Å². The zero-order valence-corrected chi connectivity index (χ0v) is 11.1. The predicted octanol–water partition coefficient (Wildman–Crippen LogP) is 3.15. The Morgan fingerprint density at radius 3 is 2.56 bits per heavy atom. The molecule has 1 amide bonds. The second kappa shape index (κ2) is 5.01. The molecule has 0 bridgehead atoms. The number of hydrogen-bond acceptors (Lipinski definition) is 2. The van der Waals surface area contributed by atoms with Crippen molar-refractivity contribution in [2.24, 2.45) is 0 Å². The molecular formula is C15H21NO2. The van der Waals surface area contributed by atoms with Crippen molar-refractivity contribution in [3.8, 4) is 5.75 Å². The number of nitrogens with one attached hydrogen (secondary N) is 1. The minimum Gasteiger partial charge on any atom is -0.508 e. The summed E-state index contributed by atoms with van der Waals surface area (Å²) in [5.41, 5.74) is 1.23. The summed E-state index contributed by atoms with van der Waals surface area (Å²) >= 11 is 0. The van der Waals surface area contributed by atoms with Crippen molar-refractivity contribution < 1.29 is 9.90 Å². The van der Waals surface area contributed by atoms with Crippen LogP contribution < -0.4 is 5.32 Å². The molecule has 1 aromatic rings. The lowest BCUT2D eigenvalue weighted by molar-refractivity contribution is 0.0882. The lowest BCUT2D eigenvalue weighted by Gasteiger charge is -2.34. The second-order valence-electron chi connectivity index (χ2n) is 5.58. The number of phenols is 1. The highest BCUT2D eigenvalue weighted by molar-refractivity contribution is 5.95. The molecule has 18 heavy (non-hydrogen) atoms. The minimum absolute atomic E-state index is 0.0875. The monoisotopic (exact) mass is 247 g/mol. The van der Waals surface area contributed by atoms with Crippen LogP contribution in [-0.4, -0.2) is 16.6 Å². The first kappa shape index (κ1) is 12.9. The van der Waals surface area contributed by atoms with E-state index in [1.54, 1.807) is 12.1 Å². The van der Waals surface area contributed by atoms with Gasteiger partial charge in [0.05, 0.1) is 0 Å². The average molecular weight is 247 g/mol. The molecule has 0 unspecified atom stereocenters. The molecule has 0 atom stereocenters. The van der Waals surface area contributed by atoms with Gasteiger partial charge < -0.3 is 10.4 Å². The lowest BCUT2D eigenvalue weighted by Crippen LogP contribution is -2.47. The van der Waals surface area contributed by atoms with Gasteiger partial charge in [0.1, 0.15) is 5.75 Å². The van der Waals surface area contributed by atoms with E-state index in [4.69, 9.17) is 0 Å². The Hall–Kier alpha value is -1.51. The Bertz CT molecular complexity index is 448. The molecule has 3 nitrogen and oxygen atoms in total. The molecule has 0 radical (unpaired) electrons. The third kappa shape index (κ3) is 2.84. The number of hydrogen-bond donors (Lipinski definition) is 2. The summed E-state index contributed by atoms with van der Waals surface area (Å²) in [5, 5.41) is 12.7. The first-order chi connectivity index (χ1) is 8.50. The number of aryl methyl sites for hydroxylation is 1. The summed E-state index contributed by atoms with van der Waals surface area (Å²) < 4.78 is 0. The fourth-order valence-electron chi connectivity index (χ4n) is 2.55. The third-order valence-corrected chi connectivity index (χ3v) is 3.84. The van der Waals surface area contributed by atoms with Crippen molar-refractivity contribution in [1.29, 1.82) is 0 Å². The molecule has 0 spiro atoms. The quantitative estimate of drug-likeness (QED) is 0.843. The first-order valence-corrected chi connectivity index (χ1v) is 6.62. The van der Waals surface area contributed by atoms with E-state index in [0.29, 0.717) is 5.56 Å². The van der Waals surface area contributed by atoms with Gasteiger partial charge in [0, 0.05) is 11.1 Å². The normalized spacial score (nSPS) is 18.3. The van der Waals surface area contributed by atoms with Crippen LogP contribution in [0, 0.1) is 6.92 Å². The van der Waals surface area contributed by atoms with Crippen LogP contribution in [0.2, 0.25) is 0 Å². The van der Waals surface area contributed by atoms with Crippen molar-refractivity contribution in [2.45, 2.75) is 51.5 Å². The molecule has 2 N–H and O–H groups in total. The Kier molecular flexibility index (Phi) is 3.60. The van der Waals surface area contributed by atoms with E-state index in [2.05, 4.69) is 12.2 Å². The molecule has 0 saturated heterocycles. The van der Waals surface area contributed by atoms with Gasteiger partial charge in [-0.25, -0.2) is 0 Å². The van der Waals surface area contributed by atoms with E-state index in [0.717, 1.165) is 18.4 Å². The number of carbonyl (C=O) groups excluding carboxylic acids is 1. The highest BCUT2D eigenvalue weighted by Gasteiger charge is 2.28. The van der Waals surface area contributed by atoms with Crippen molar-refractivity contribution >= 4 is 5.91 Å². The van der Waals surface area contributed by atoms with E-state index in [1.165, 1.54) is 25.3 Å². The smallest absolute Gasteiger partial charge is 0.251 e. The maximum atomic E-state index is 12.2. The van der Waals surface area contributed by atoms with E-state index >= 15 is 0 Å². The highest BCUT2D eigenvalue weighted by atomic mass is 16.3. The van der Waals surface area contributed by atoms with Crippen molar-refractivity contribution in [2.75, 3.05) is 0 Å². The lowest BCUT2D eigenvalue weighted by atomic mass is 9.83. The van der Waals surface area contributed by atoms with Gasteiger partial charge in [-0.15, -0.1) is 0 Å². The number of carbonyl (C=O) groups is 1. The van der Waals surface area contributed by atoms with Crippen LogP contribution in [0.15, 0.2) is 18.2 Å². The zero-order valence-electron chi connectivity index (χ0n) is 11.1. The number of benzene rings is 1. The Morgan fingerprint density at radius 1 is 1.28 bits per heavy atom. The Balaban J connectivity index is 2.09. The van der Waals surface area contributed by atoms with Gasteiger partial charge in [-0.2, -0.15) is 0 Å². The van der Waals surface area contributed by atoms with Crippen LogP contribution in [0.1, 0.15) is 54.9 Å². The second-order valence-corrected chi connectivity index (χ2v) is 5.58. The van der Waals surface area contributed by atoms with Crippen LogP contribution >= 0.6 is 0 Å². The fourth-order valence-corrected chi connectivity index (χ4v) is 2.55. The average Bonchev–Trinajstić information content (AvgIpc) is 2.33. The van der Waals surface area contributed by atoms with Gasteiger partial charge in [-0.05, 0) is 44.4 Å². The summed E-state index contributed by atoms with van der Waals surface area (Å²) in [6.45, 7) is 3.93. The topological polar surface area (TPSA) is 49.3 Å². The number of phenolic OH excluding ortho intramolecular Hbond substituents is 1. The van der Waals surface area contributed by atoms with Crippen molar-refractivity contribution in [3.63, 3.8) is 0 Å².